The molecule has 1 aromatic heterocycles. The van der Waals surface area contributed by atoms with E-state index in [9.17, 15) is 9.59 Å². The average Bonchev–Trinajstić information content (AvgIpc) is 2.24. The zero-order chi connectivity index (χ0) is 12.6. The van der Waals surface area contributed by atoms with Crippen LogP contribution in [-0.4, -0.2) is 29.4 Å². The highest BCUT2D eigenvalue weighted by Gasteiger charge is 2.31. The van der Waals surface area contributed by atoms with E-state index in [2.05, 4.69) is 26.2 Å². The van der Waals surface area contributed by atoms with Crippen LogP contribution >= 0.6 is 15.9 Å². The molecule has 1 aliphatic heterocycles. The van der Waals surface area contributed by atoms with E-state index in [1.807, 2.05) is 13.0 Å². The average molecular weight is 298 g/mol. The van der Waals surface area contributed by atoms with Gasteiger partial charge in [0.1, 0.15) is 11.9 Å². The Balaban J connectivity index is 2.37. The molecule has 1 fully saturated rings. The molecule has 0 spiro atoms. The Morgan fingerprint density at radius 3 is 2.88 bits per heavy atom. The van der Waals surface area contributed by atoms with Gasteiger partial charge in [-0.3, -0.25) is 14.9 Å². The maximum Gasteiger partial charge on any atom is 0.249 e. The summed E-state index contributed by atoms with van der Waals surface area (Å²) in [6, 6.07) is 1.52. The number of aryl methyl sites for hydroxylation is 1. The van der Waals surface area contributed by atoms with Crippen LogP contribution in [0, 0.1) is 6.92 Å². The highest BCUT2D eigenvalue weighted by atomic mass is 79.9. The number of piperazine rings is 1. The largest absolute Gasteiger partial charge is 0.335 e. The molecule has 0 saturated carbocycles. The molecule has 2 heterocycles. The Labute approximate surface area is 107 Å². The van der Waals surface area contributed by atoms with E-state index in [-0.39, 0.29) is 24.4 Å². The van der Waals surface area contributed by atoms with Crippen LogP contribution in [0.15, 0.2) is 16.7 Å². The number of pyridine rings is 1. The Morgan fingerprint density at radius 1 is 1.53 bits per heavy atom. The van der Waals surface area contributed by atoms with Crippen molar-refractivity contribution < 1.29 is 9.59 Å². The molecule has 2 rings (SSSR count). The third-order valence-corrected chi connectivity index (χ3v) is 3.15. The molecule has 90 valence electrons. The van der Waals surface area contributed by atoms with Crippen molar-refractivity contribution in [3.8, 4) is 0 Å². The fraction of sp³-hybridized carbons (Fsp3) is 0.364. The van der Waals surface area contributed by atoms with E-state index >= 15 is 0 Å². The number of hydrogen-bond donors (Lipinski definition) is 1. The topological polar surface area (TPSA) is 62.3 Å². The highest BCUT2D eigenvalue weighted by Crippen LogP contribution is 2.23. The lowest BCUT2D eigenvalue weighted by molar-refractivity contribution is -0.132. The van der Waals surface area contributed by atoms with Crippen LogP contribution in [0.3, 0.4) is 0 Å². The zero-order valence-corrected chi connectivity index (χ0v) is 11.1. The molecule has 1 N–H and O–H groups in total. The summed E-state index contributed by atoms with van der Waals surface area (Å²) in [5.74, 6) is 0.0893. The molecule has 1 atom stereocenters. The molecule has 1 aliphatic rings. The van der Waals surface area contributed by atoms with Crippen LogP contribution in [0.2, 0.25) is 0 Å². The van der Waals surface area contributed by atoms with Crippen molar-refractivity contribution in [3.05, 3.63) is 22.3 Å². The summed E-state index contributed by atoms with van der Waals surface area (Å²) in [6.45, 7) is 3.81. The number of carbonyl (C=O) groups is 2. The molecule has 0 aromatic carbocycles. The van der Waals surface area contributed by atoms with Gasteiger partial charge in [0.15, 0.2) is 0 Å². The van der Waals surface area contributed by atoms with Crippen molar-refractivity contribution in [2.24, 2.45) is 0 Å². The molecule has 6 heteroatoms. The lowest BCUT2D eigenvalue weighted by Gasteiger charge is -2.33. The number of imide groups is 1. The molecule has 2 amide bonds. The molecule has 1 aromatic rings. The maximum atomic E-state index is 11.6. The van der Waals surface area contributed by atoms with E-state index in [4.69, 9.17) is 0 Å². The highest BCUT2D eigenvalue weighted by molar-refractivity contribution is 9.10. The minimum absolute atomic E-state index is 0.155. The van der Waals surface area contributed by atoms with Gasteiger partial charge in [0, 0.05) is 10.7 Å². The van der Waals surface area contributed by atoms with E-state index in [1.54, 1.807) is 18.0 Å². The van der Waals surface area contributed by atoms with Crippen molar-refractivity contribution in [3.63, 3.8) is 0 Å². The molecule has 5 nitrogen and oxygen atoms in total. The number of halogens is 1. The molecule has 0 bridgehead atoms. The lowest BCUT2D eigenvalue weighted by Crippen LogP contribution is -2.57. The van der Waals surface area contributed by atoms with Crippen LogP contribution < -0.4 is 10.2 Å². The quantitative estimate of drug-likeness (QED) is 0.786. The number of nitrogens with zero attached hydrogens (tertiary/aromatic N) is 2. The Bertz CT molecular complexity index is 490. The maximum absolute atomic E-state index is 11.6. The number of aromatic nitrogens is 1. The zero-order valence-electron chi connectivity index (χ0n) is 9.53. The number of carbonyl (C=O) groups excluding carboxylic acids is 2. The first-order valence-corrected chi connectivity index (χ1v) is 6.01. The Hall–Kier alpha value is -1.43. The van der Waals surface area contributed by atoms with Gasteiger partial charge in [-0.1, -0.05) is 0 Å². The van der Waals surface area contributed by atoms with Gasteiger partial charge in [-0.25, -0.2) is 4.98 Å². The van der Waals surface area contributed by atoms with Crippen LogP contribution in [-0.2, 0) is 9.59 Å². The molecule has 17 heavy (non-hydrogen) atoms. The van der Waals surface area contributed by atoms with Crippen molar-refractivity contribution in [2.45, 2.75) is 19.9 Å². The summed E-state index contributed by atoms with van der Waals surface area (Å²) in [6.07, 6.45) is 1.66. The predicted octanol–water partition coefficient (Wildman–Crippen LogP) is 1.00. The molecular weight excluding hydrogens is 286 g/mol. The van der Waals surface area contributed by atoms with Crippen LogP contribution in [0.4, 0.5) is 5.82 Å². The Kier molecular flexibility index (Phi) is 3.15. The second-order valence-corrected chi connectivity index (χ2v) is 4.93. The van der Waals surface area contributed by atoms with E-state index in [1.165, 1.54) is 0 Å². The number of nitrogens with one attached hydrogen (secondary N) is 1. The van der Waals surface area contributed by atoms with E-state index in [0.717, 1.165) is 10.0 Å². The van der Waals surface area contributed by atoms with E-state index < -0.39 is 0 Å². The normalized spacial score (nSPS) is 20.4. The van der Waals surface area contributed by atoms with Gasteiger partial charge in [0.2, 0.25) is 11.8 Å². The first-order chi connectivity index (χ1) is 7.99. The predicted molar refractivity (Wildman–Crippen MR) is 66.6 cm³/mol. The minimum Gasteiger partial charge on any atom is -0.335 e. The summed E-state index contributed by atoms with van der Waals surface area (Å²) in [5, 5.41) is 2.30. The van der Waals surface area contributed by atoms with Gasteiger partial charge in [-0.2, -0.15) is 0 Å². The van der Waals surface area contributed by atoms with Crippen molar-refractivity contribution in [1.82, 2.24) is 10.3 Å². The van der Waals surface area contributed by atoms with Crippen LogP contribution in [0.25, 0.3) is 0 Å². The molecule has 0 aliphatic carbocycles. The molecular formula is C11H12BrN3O2. The summed E-state index contributed by atoms with van der Waals surface area (Å²) in [4.78, 5) is 28.9. The fourth-order valence-electron chi connectivity index (χ4n) is 1.81. The van der Waals surface area contributed by atoms with E-state index in [0.29, 0.717) is 5.82 Å². The first-order valence-electron chi connectivity index (χ1n) is 5.21. The van der Waals surface area contributed by atoms with Crippen LogP contribution in [0.1, 0.15) is 12.5 Å². The summed E-state index contributed by atoms with van der Waals surface area (Å²) in [7, 11) is 0. The number of hydrogen-bond acceptors (Lipinski definition) is 4. The van der Waals surface area contributed by atoms with Gasteiger partial charge in [0.25, 0.3) is 0 Å². The van der Waals surface area contributed by atoms with Crippen molar-refractivity contribution in [2.75, 3.05) is 11.4 Å². The third-order valence-electron chi connectivity index (χ3n) is 2.71. The second-order valence-electron chi connectivity index (χ2n) is 4.01. The first kappa shape index (κ1) is 12.0. The summed E-state index contributed by atoms with van der Waals surface area (Å²) in [5.41, 5.74) is 0.925. The monoisotopic (exact) mass is 297 g/mol. The number of anilines is 1. The fourth-order valence-corrected chi connectivity index (χ4v) is 2.25. The molecule has 1 saturated heterocycles. The number of rotatable bonds is 1. The van der Waals surface area contributed by atoms with Gasteiger partial charge in [-0.15, -0.1) is 0 Å². The summed E-state index contributed by atoms with van der Waals surface area (Å²) < 4.78 is 0.874. The van der Waals surface area contributed by atoms with Crippen molar-refractivity contribution in [1.29, 1.82) is 0 Å². The second kappa shape index (κ2) is 4.44. The van der Waals surface area contributed by atoms with Crippen molar-refractivity contribution >= 4 is 33.6 Å². The standard InChI is InChI=1S/C11H12BrN3O2/c1-6-3-8(12)4-13-10(6)15-5-9(16)14-11(17)7(15)2/h3-4,7H,5H2,1-2H3,(H,14,16,17). The molecule has 1 unspecified atom stereocenters. The molecule has 0 radical (unpaired) electrons. The third kappa shape index (κ3) is 2.31. The minimum atomic E-state index is -0.389. The smallest absolute Gasteiger partial charge is 0.249 e. The van der Waals surface area contributed by atoms with Crippen LogP contribution in [0.5, 0.6) is 0 Å². The SMILES string of the molecule is Cc1cc(Br)cnc1N1CC(=O)NC(=O)C1C. The Morgan fingerprint density at radius 2 is 2.24 bits per heavy atom. The van der Waals surface area contributed by atoms with Gasteiger partial charge in [0.05, 0.1) is 6.54 Å². The lowest BCUT2D eigenvalue weighted by atomic mass is 10.1. The summed E-state index contributed by atoms with van der Waals surface area (Å²) >= 11 is 3.33. The van der Waals surface area contributed by atoms with Gasteiger partial charge < -0.3 is 4.90 Å². The van der Waals surface area contributed by atoms with Gasteiger partial charge >= 0.3 is 0 Å². The van der Waals surface area contributed by atoms with Gasteiger partial charge in [-0.05, 0) is 41.4 Å². The number of amides is 2.